The van der Waals surface area contributed by atoms with E-state index in [-0.39, 0.29) is 22.5 Å². The third kappa shape index (κ3) is 3.99. The molecule has 0 aromatic carbocycles. The average molecular weight is 395 g/mol. The number of hydrogen-bond donors (Lipinski definition) is 3. The summed E-state index contributed by atoms with van der Waals surface area (Å²) in [5.74, 6) is -0.147. The van der Waals surface area contributed by atoms with E-state index >= 15 is 0 Å². The molecule has 6 N–H and O–H groups in total. The molecule has 1 aliphatic rings. The number of rotatable bonds is 5. The Balaban J connectivity index is 1.67. The van der Waals surface area contributed by atoms with Gasteiger partial charge in [-0.3, -0.25) is 9.69 Å². The topological polar surface area (TPSA) is 179 Å². The number of primary amides is 1. The van der Waals surface area contributed by atoms with Crippen molar-refractivity contribution in [3.63, 3.8) is 0 Å². The van der Waals surface area contributed by atoms with Crippen LogP contribution in [0.3, 0.4) is 0 Å². The zero-order chi connectivity index (χ0) is 19.8. The lowest BCUT2D eigenvalue weighted by molar-refractivity contribution is 0.0992. The smallest absolute Gasteiger partial charge is 0.265 e. The first kappa shape index (κ1) is 19.0. The third-order valence-corrected chi connectivity index (χ3v) is 6.15. The highest BCUT2D eigenvalue weighted by Crippen LogP contribution is 2.20. The van der Waals surface area contributed by atoms with E-state index in [0.717, 1.165) is 0 Å². The lowest BCUT2D eigenvalue weighted by atomic mass is 10.3. The first-order valence-corrected chi connectivity index (χ1v) is 9.55. The van der Waals surface area contributed by atoms with Gasteiger partial charge in [-0.15, -0.1) is 0 Å². The van der Waals surface area contributed by atoms with Crippen LogP contribution < -0.4 is 17.2 Å². The molecule has 1 amide bonds. The summed E-state index contributed by atoms with van der Waals surface area (Å²) in [5, 5.41) is 0. The quantitative estimate of drug-likeness (QED) is 0.515. The van der Waals surface area contributed by atoms with Crippen LogP contribution in [0.4, 0.5) is 11.9 Å². The van der Waals surface area contributed by atoms with Gasteiger partial charge in [-0.05, 0) is 6.07 Å². The number of sulfonamides is 1. The van der Waals surface area contributed by atoms with Gasteiger partial charge in [0, 0.05) is 39.4 Å². The molecule has 0 atom stereocenters. The van der Waals surface area contributed by atoms with E-state index < -0.39 is 15.9 Å². The molecular weight excluding hydrogens is 374 g/mol. The second-order valence-corrected chi connectivity index (χ2v) is 8.12. The predicted molar refractivity (Wildman–Crippen MR) is 96.6 cm³/mol. The van der Waals surface area contributed by atoms with Crippen molar-refractivity contribution >= 4 is 27.8 Å². The molecule has 27 heavy (non-hydrogen) atoms. The zero-order valence-electron chi connectivity index (χ0n) is 14.7. The van der Waals surface area contributed by atoms with Gasteiger partial charge < -0.3 is 21.8 Å². The fourth-order valence-electron chi connectivity index (χ4n) is 2.92. The number of carbonyl (C=O) groups excluding carboxylic acids is 1. The van der Waals surface area contributed by atoms with E-state index in [0.29, 0.717) is 38.5 Å². The van der Waals surface area contributed by atoms with Crippen molar-refractivity contribution in [1.29, 1.82) is 0 Å². The van der Waals surface area contributed by atoms with E-state index in [2.05, 4.69) is 15.0 Å². The second kappa shape index (κ2) is 7.09. The average Bonchev–Trinajstić information content (AvgIpc) is 2.97. The van der Waals surface area contributed by atoms with Crippen molar-refractivity contribution < 1.29 is 13.2 Å². The number of hydrogen-bond acceptors (Lipinski definition) is 9. The Labute approximate surface area is 156 Å². The summed E-state index contributed by atoms with van der Waals surface area (Å²) < 4.78 is 28.4. The summed E-state index contributed by atoms with van der Waals surface area (Å²) in [4.78, 5) is 25.2. The number of amides is 1. The number of piperazine rings is 1. The van der Waals surface area contributed by atoms with Crippen LogP contribution in [0.1, 0.15) is 16.3 Å². The predicted octanol–water partition coefficient (Wildman–Crippen LogP) is -2.02. The van der Waals surface area contributed by atoms with Crippen LogP contribution in [0.25, 0.3) is 0 Å². The summed E-state index contributed by atoms with van der Waals surface area (Å²) in [6, 6.07) is 1.29. The molecule has 0 bridgehead atoms. The molecule has 12 nitrogen and oxygen atoms in total. The van der Waals surface area contributed by atoms with Crippen molar-refractivity contribution in [2.45, 2.75) is 11.4 Å². The maximum atomic E-state index is 12.8. The molecule has 0 radical (unpaired) electrons. The van der Waals surface area contributed by atoms with Gasteiger partial charge in [0.25, 0.3) is 5.91 Å². The molecular formula is C14H21N9O3S. The summed E-state index contributed by atoms with van der Waals surface area (Å²) in [5.41, 5.74) is 16.5. The van der Waals surface area contributed by atoms with Crippen LogP contribution >= 0.6 is 0 Å². The monoisotopic (exact) mass is 395 g/mol. The van der Waals surface area contributed by atoms with Crippen molar-refractivity contribution in [2.24, 2.45) is 12.8 Å². The molecule has 2 aromatic rings. The minimum absolute atomic E-state index is 0.0465. The zero-order valence-corrected chi connectivity index (χ0v) is 15.6. The van der Waals surface area contributed by atoms with Gasteiger partial charge in [0.15, 0.2) is 0 Å². The lowest BCUT2D eigenvalue weighted by Gasteiger charge is -2.33. The van der Waals surface area contributed by atoms with E-state index in [1.165, 1.54) is 21.1 Å². The number of carbonyl (C=O) groups is 1. The second-order valence-electron chi connectivity index (χ2n) is 6.18. The minimum Gasteiger partial charge on any atom is -0.368 e. The summed E-state index contributed by atoms with van der Waals surface area (Å²) in [6.07, 6.45) is 1.39. The minimum atomic E-state index is -3.71. The van der Waals surface area contributed by atoms with Crippen LogP contribution in [0.5, 0.6) is 0 Å². The Morgan fingerprint density at radius 3 is 2.22 bits per heavy atom. The van der Waals surface area contributed by atoms with E-state index in [1.807, 2.05) is 4.90 Å². The molecule has 2 aromatic heterocycles. The van der Waals surface area contributed by atoms with Gasteiger partial charge >= 0.3 is 0 Å². The SMILES string of the molecule is Cn1cc(S(=O)(=O)N2CCN(Cc3nc(N)nc(N)n3)CC2)cc1C(N)=O. The lowest BCUT2D eigenvalue weighted by Crippen LogP contribution is -2.48. The Bertz CT molecular complexity index is 944. The standard InChI is InChI=1S/C14H21N9O3S/c1-21-7-9(6-10(21)12(15)24)27(25,26)23-4-2-22(3-5-23)8-11-18-13(16)20-14(17)19-11/h6-7H,2-5,8H2,1H3,(H2,15,24)(H4,16,17,18,19,20). The van der Waals surface area contributed by atoms with E-state index in [9.17, 15) is 13.2 Å². The molecule has 146 valence electrons. The van der Waals surface area contributed by atoms with Gasteiger partial charge in [0.2, 0.25) is 21.9 Å². The maximum Gasteiger partial charge on any atom is 0.265 e. The summed E-state index contributed by atoms with van der Waals surface area (Å²) in [6.45, 7) is 1.95. The molecule has 3 rings (SSSR count). The normalized spacial score (nSPS) is 16.5. The first-order valence-electron chi connectivity index (χ1n) is 8.11. The first-order chi connectivity index (χ1) is 12.7. The Morgan fingerprint density at radius 2 is 1.70 bits per heavy atom. The fourth-order valence-corrected chi connectivity index (χ4v) is 4.42. The largest absolute Gasteiger partial charge is 0.368 e. The van der Waals surface area contributed by atoms with Crippen molar-refractivity contribution in [2.75, 3.05) is 37.6 Å². The molecule has 3 heterocycles. The van der Waals surface area contributed by atoms with Crippen molar-refractivity contribution in [3.8, 4) is 0 Å². The molecule has 1 saturated heterocycles. The Morgan fingerprint density at radius 1 is 1.11 bits per heavy atom. The number of nitrogens with zero attached hydrogens (tertiary/aromatic N) is 6. The van der Waals surface area contributed by atoms with Gasteiger partial charge in [-0.25, -0.2) is 8.42 Å². The van der Waals surface area contributed by atoms with Gasteiger partial charge in [0.1, 0.15) is 16.4 Å². The molecule has 0 saturated carbocycles. The molecule has 1 aliphatic heterocycles. The van der Waals surface area contributed by atoms with Gasteiger partial charge in [-0.1, -0.05) is 0 Å². The van der Waals surface area contributed by atoms with E-state index in [1.54, 1.807) is 7.05 Å². The van der Waals surface area contributed by atoms with Crippen molar-refractivity contribution in [3.05, 3.63) is 23.8 Å². The molecule has 1 fully saturated rings. The highest BCUT2D eigenvalue weighted by molar-refractivity contribution is 7.89. The Kier molecular flexibility index (Phi) is 4.99. The maximum absolute atomic E-state index is 12.8. The third-order valence-electron chi connectivity index (χ3n) is 4.28. The molecule has 13 heteroatoms. The number of anilines is 2. The van der Waals surface area contributed by atoms with Crippen molar-refractivity contribution in [1.82, 2.24) is 28.7 Å². The highest BCUT2D eigenvalue weighted by atomic mass is 32.2. The van der Waals surface area contributed by atoms with Crippen LogP contribution in [0.2, 0.25) is 0 Å². The van der Waals surface area contributed by atoms with Gasteiger partial charge in [0.05, 0.1) is 6.54 Å². The number of nitrogens with two attached hydrogens (primary N) is 3. The molecule has 0 aliphatic carbocycles. The fraction of sp³-hybridized carbons (Fsp3) is 0.429. The number of nitrogen functional groups attached to an aromatic ring is 2. The van der Waals surface area contributed by atoms with E-state index in [4.69, 9.17) is 17.2 Å². The summed E-state index contributed by atoms with van der Waals surface area (Å²) >= 11 is 0. The highest BCUT2D eigenvalue weighted by Gasteiger charge is 2.30. The number of aryl methyl sites for hydroxylation is 1. The molecule has 0 unspecified atom stereocenters. The van der Waals surface area contributed by atoms with Gasteiger partial charge in [-0.2, -0.15) is 19.3 Å². The molecule has 0 spiro atoms. The van der Waals surface area contributed by atoms with Crippen LogP contribution in [-0.4, -0.2) is 69.2 Å². The van der Waals surface area contributed by atoms with Crippen LogP contribution in [-0.2, 0) is 23.6 Å². The number of aromatic nitrogens is 4. The van der Waals surface area contributed by atoms with Crippen LogP contribution in [0, 0.1) is 0 Å². The van der Waals surface area contributed by atoms with Crippen LogP contribution in [0.15, 0.2) is 17.2 Å². The Hall–Kier alpha value is -2.77. The summed E-state index contributed by atoms with van der Waals surface area (Å²) in [7, 11) is -2.14.